The van der Waals surface area contributed by atoms with Crippen molar-refractivity contribution in [2.24, 2.45) is 5.92 Å². The molecule has 2 rings (SSSR count). The van der Waals surface area contributed by atoms with Crippen molar-refractivity contribution in [3.8, 4) is 11.5 Å². The number of carbonyl (C=O) groups is 1. The summed E-state index contributed by atoms with van der Waals surface area (Å²) >= 11 is 0. The van der Waals surface area contributed by atoms with Gasteiger partial charge in [0.25, 0.3) is 5.91 Å². The van der Waals surface area contributed by atoms with Gasteiger partial charge in [-0.05, 0) is 30.5 Å². The Morgan fingerprint density at radius 1 is 1.16 bits per heavy atom. The molecule has 134 valence electrons. The van der Waals surface area contributed by atoms with Crippen molar-refractivity contribution in [1.82, 2.24) is 4.98 Å². The van der Waals surface area contributed by atoms with Gasteiger partial charge in [-0.2, -0.15) is 0 Å². The molecule has 1 heterocycles. The van der Waals surface area contributed by atoms with Crippen LogP contribution in [0.15, 0.2) is 36.7 Å². The summed E-state index contributed by atoms with van der Waals surface area (Å²) in [6.45, 7) is 5.19. The van der Waals surface area contributed by atoms with E-state index in [2.05, 4.69) is 29.5 Å². The third-order valence-electron chi connectivity index (χ3n) is 3.71. The highest BCUT2D eigenvalue weighted by Crippen LogP contribution is 2.29. The second kappa shape index (κ2) is 8.92. The van der Waals surface area contributed by atoms with E-state index in [0.717, 1.165) is 18.7 Å². The van der Waals surface area contributed by atoms with E-state index in [1.54, 1.807) is 50.9 Å². The normalized spacial score (nSPS) is 10.4. The number of methoxy groups -OCH3 is 2. The Morgan fingerprint density at radius 3 is 2.64 bits per heavy atom. The summed E-state index contributed by atoms with van der Waals surface area (Å²) < 4.78 is 10.5. The SMILES string of the molecule is COc1ccc(NC(=O)c2cncc(NCCC(C)C)c2)c(OC)c1. The number of ether oxygens (including phenoxy) is 2. The van der Waals surface area contributed by atoms with Gasteiger partial charge in [-0.15, -0.1) is 0 Å². The molecular weight excluding hydrogens is 318 g/mol. The van der Waals surface area contributed by atoms with Gasteiger partial charge in [0.2, 0.25) is 0 Å². The van der Waals surface area contributed by atoms with Crippen LogP contribution in [0.25, 0.3) is 0 Å². The van der Waals surface area contributed by atoms with Crippen LogP contribution >= 0.6 is 0 Å². The van der Waals surface area contributed by atoms with Gasteiger partial charge in [-0.1, -0.05) is 13.8 Å². The zero-order valence-electron chi connectivity index (χ0n) is 15.1. The lowest BCUT2D eigenvalue weighted by Gasteiger charge is -2.12. The first-order valence-corrected chi connectivity index (χ1v) is 8.25. The maximum absolute atomic E-state index is 12.5. The molecule has 0 aliphatic rings. The van der Waals surface area contributed by atoms with Gasteiger partial charge in [-0.25, -0.2) is 0 Å². The Balaban J connectivity index is 2.08. The van der Waals surface area contributed by atoms with Crippen molar-refractivity contribution >= 4 is 17.3 Å². The topological polar surface area (TPSA) is 72.5 Å². The standard InChI is InChI=1S/C19H25N3O3/c1-13(2)7-8-21-15-9-14(11-20-12-15)19(23)22-17-6-5-16(24-3)10-18(17)25-4/h5-6,9-13,21H,7-8H2,1-4H3,(H,22,23). The van der Waals surface area contributed by atoms with Gasteiger partial charge in [0, 0.05) is 25.0 Å². The number of anilines is 2. The summed E-state index contributed by atoms with van der Waals surface area (Å²) in [7, 11) is 3.13. The fraction of sp³-hybridized carbons (Fsp3) is 0.368. The fourth-order valence-corrected chi connectivity index (χ4v) is 2.26. The highest BCUT2D eigenvalue weighted by atomic mass is 16.5. The van der Waals surface area contributed by atoms with Crippen LogP contribution < -0.4 is 20.1 Å². The van der Waals surface area contributed by atoms with Gasteiger partial charge in [0.1, 0.15) is 11.5 Å². The molecule has 1 aromatic carbocycles. The third kappa shape index (κ3) is 5.38. The monoisotopic (exact) mass is 343 g/mol. The van der Waals surface area contributed by atoms with Gasteiger partial charge in [-0.3, -0.25) is 9.78 Å². The number of carbonyl (C=O) groups excluding carboxylic acids is 1. The molecule has 0 atom stereocenters. The van der Waals surface area contributed by atoms with E-state index < -0.39 is 0 Å². The summed E-state index contributed by atoms with van der Waals surface area (Å²) in [6.07, 6.45) is 4.31. The maximum Gasteiger partial charge on any atom is 0.257 e. The van der Waals surface area contributed by atoms with Crippen LogP contribution in [0.4, 0.5) is 11.4 Å². The molecule has 6 nitrogen and oxygen atoms in total. The number of rotatable bonds is 8. The van der Waals surface area contributed by atoms with Crippen LogP contribution in [0.3, 0.4) is 0 Å². The fourth-order valence-electron chi connectivity index (χ4n) is 2.26. The largest absolute Gasteiger partial charge is 0.497 e. The lowest BCUT2D eigenvalue weighted by atomic mass is 10.1. The molecule has 0 bridgehead atoms. The average molecular weight is 343 g/mol. The summed E-state index contributed by atoms with van der Waals surface area (Å²) in [5.41, 5.74) is 1.88. The van der Waals surface area contributed by atoms with Crippen LogP contribution in [-0.2, 0) is 0 Å². The van der Waals surface area contributed by atoms with Crippen molar-refractivity contribution in [3.05, 3.63) is 42.2 Å². The van der Waals surface area contributed by atoms with Crippen LogP contribution in [0.5, 0.6) is 11.5 Å². The molecule has 0 spiro atoms. The van der Waals surface area contributed by atoms with E-state index in [4.69, 9.17) is 9.47 Å². The van der Waals surface area contributed by atoms with Crippen molar-refractivity contribution in [2.45, 2.75) is 20.3 Å². The Hall–Kier alpha value is -2.76. The predicted octanol–water partition coefficient (Wildman–Crippen LogP) is 3.81. The maximum atomic E-state index is 12.5. The molecule has 6 heteroatoms. The van der Waals surface area contributed by atoms with Crippen molar-refractivity contribution in [1.29, 1.82) is 0 Å². The summed E-state index contributed by atoms with van der Waals surface area (Å²) in [5.74, 6) is 1.57. The van der Waals surface area contributed by atoms with Crippen LogP contribution in [0.1, 0.15) is 30.6 Å². The van der Waals surface area contributed by atoms with E-state index in [1.165, 1.54) is 0 Å². The molecule has 0 unspecified atom stereocenters. The Bertz CT molecular complexity index is 717. The molecule has 1 amide bonds. The Labute approximate surface area is 148 Å². The van der Waals surface area contributed by atoms with Gasteiger partial charge in [0.05, 0.1) is 31.2 Å². The smallest absolute Gasteiger partial charge is 0.257 e. The number of aromatic nitrogens is 1. The van der Waals surface area contributed by atoms with Gasteiger partial charge in [0.15, 0.2) is 0 Å². The van der Waals surface area contributed by atoms with Crippen molar-refractivity contribution in [2.75, 3.05) is 31.4 Å². The van der Waals surface area contributed by atoms with Crippen molar-refractivity contribution < 1.29 is 14.3 Å². The number of pyridine rings is 1. The van der Waals surface area contributed by atoms with E-state index in [0.29, 0.717) is 28.7 Å². The van der Waals surface area contributed by atoms with Crippen LogP contribution in [-0.4, -0.2) is 31.7 Å². The minimum absolute atomic E-state index is 0.247. The summed E-state index contributed by atoms with van der Waals surface area (Å²) in [4.78, 5) is 16.6. The molecule has 0 aliphatic carbocycles. The Morgan fingerprint density at radius 2 is 1.96 bits per heavy atom. The number of hydrogen-bond acceptors (Lipinski definition) is 5. The lowest BCUT2D eigenvalue weighted by molar-refractivity contribution is 0.102. The molecule has 1 aromatic heterocycles. The highest BCUT2D eigenvalue weighted by molar-refractivity contribution is 6.05. The van der Waals surface area contributed by atoms with E-state index in [1.807, 2.05) is 0 Å². The first-order valence-electron chi connectivity index (χ1n) is 8.25. The van der Waals surface area contributed by atoms with E-state index in [-0.39, 0.29) is 5.91 Å². The molecule has 0 aliphatic heterocycles. The summed E-state index contributed by atoms with van der Waals surface area (Å²) in [6, 6.07) is 7.02. The van der Waals surface area contributed by atoms with Crippen LogP contribution in [0.2, 0.25) is 0 Å². The minimum Gasteiger partial charge on any atom is -0.497 e. The zero-order valence-corrected chi connectivity index (χ0v) is 15.1. The van der Waals surface area contributed by atoms with E-state index in [9.17, 15) is 4.79 Å². The minimum atomic E-state index is -0.247. The second-order valence-electron chi connectivity index (χ2n) is 6.09. The van der Waals surface area contributed by atoms with Crippen LogP contribution in [0, 0.1) is 5.92 Å². The predicted molar refractivity (Wildman–Crippen MR) is 99.7 cm³/mol. The van der Waals surface area contributed by atoms with E-state index >= 15 is 0 Å². The van der Waals surface area contributed by atoms with Crippen molar-refractivity contribution in [3.63, 3.8) is 0 Å². The van der Waals surface area contributed by atoms with Gasteiger partial charge < -0.3 is 20.1 Å². The molecule has 0 saturated carbocycles. The zero-order chi connectivity index (χ0) is 18.2. The number of hydrogen-bond donors (Lipinski definition) is 2. The number of benzene rings is 1. The number of amides is 1. The molecule has 0 saturated heterocycles. The molecule has 0 radical (unpaired) electrons. The average Bonchev–Trinajstić information content (AvgIpc) is 2.62. The number of nitrogens with one attached hydrogen (secondary N) is 2. The third-order valence-corrected chi connectivity index (χ3v) is 3.71. The molecule has 0 fully saturated rings. The summed E-state index contributed by atoms with van der Waals surface area (Å²) in [5, 5.41) is 6.13. The Kier molecular flexibility index (Phi) is 6.62. The molecular formula is C19H25N3O3. The quantitative estimate of drug-likeness (QED) is 0.762. The molecule has 2 aromatic rings. The lowest BCUT2D eigenvalue weighted by Crippen LogP contribution is -2.14. The molecule has 25 heavy (non-hydrogen) atoms. The first-order chi connectivity index (χ1) is 12.0. The molecule has 2 N–H and O–H groups in total. The highest BCUT2D eigenvalue weighted by Gasteiger charge is 2.12. The number of nitrogens with zero attached hydrogens (tertiary/aromatic N) is 1. The van der Waals surface area contributed by atoms with Gasteiger partial charge >= 0.3 is 0 Å². The second-order valence-corrected chi connectivity index (χ2v) is 6.09. The first kappa shape index (κ1) is 18.6.